The van der Waals surface area contributed by atoms with E-state index < -0.39 is 0 Å². The van der Waals surface area contributed by atoms with Gasteiger partial charge in [-0.15, -0.1) is 0 Å². The average molecular weight is 453 g/mol. The van der Waals surface area contributed by atoms with Gasteiger partial charge in [0.1, 0.15) is 0 Å². The van der Waals surface area contributed by atoms with Crippen LogP contribution in [0.25, 0.3) is 0 Å². The number of amides is 1. The SMILES string of the molecule is CCn1cc(Cn2cc(NC(=O)CCn3cc(I)c(C)n3)cn2)cn1. The quantitative estimate of drug-likeness (QED) is 0.557. The molecule has 9 heteroatoms. The van der Waals surface area contributed by atoms with Crippen molar-refractivity contribution >= 4 is 34.2 Å². The zero-order chi connectivity index (χ0) is 17.8. The Morgan fingerprint density at radius 3 is 2.64 bits per heavy atom. The van der Waals surface area contributed by atoms with Crippen LogP contribution in [-0.4, -0.2) is 35.2 Å². The maximum absolute atomic E-state index is 12.1. The van der Waals surface area contributed by atoms with Crippen LogP contribution in [0.5, 0.6) is 0 Å². The van der Waals surface area contributed by atoms with E-state index in [9.17, 15) is 4.79 Å². The van der Waals surface area contributed by atoms with Crippen molar-refractivity contribution in [2.45, 2.75) is 39.9 Å². The van der Waals surface area contributed by atoms with Crippen LogP contribution in [0.1, 0.15) is 24.6 Å². The molecule has 0 atom stereocenters. The molecular formula is C16H20IN7O. The van der Waals surface area contributed by atoms with E-state index in [0.29, 0.717) is 25.2 Å². The maximum Gasteiger partial charge on any atom is 0.226 e. The molecule has 0 aliphatic rings. The number of aryl methyl sites for hydroxylation is 3. The van der Waals surface area contributed by atoms with E-state index in [0.717, 1.165) is 21.4 Å². The number of hydrogen-bond acceptors (Lipinski definition) is 4. The average Bonchev–Trinajstić information content (AvgIpc) is 3.28. The second-order valence-electron chi connectivity index (χ2n) is 5.75. The Hall–Kier alpha value is -2.17. The van der Waals surface area contributed by atoms with Crippen molar-refractivity contribution in [1.82, 2.24) is 29.3 Å². The molecule has 0 spiro atoms. The molecule has 0 aliphatic heterocycles. The number of aromatic nitrogens is 6. The summed E-state index contributed by atoms with van der Waals surface area (Å²) in [5.74, 6) is -0.0542. The number of carbonyl (C=O) groups is 1. The van der Waals surface area contributed by atoms with E-state index >= 15 is 0 Å². The Morgan fingerprint density at radius 2 is 1.96 bits per heavy atom. The fraction of sp³-hybridized carbons (Fsp3) is 0.375. The number of halogens is 1. The van der Waals surface area contributed by atoms with Crippen molar-refractivity contribution in [2.75, 3.05) is 5.32 Å². The molecule has 3 heterocycles. The van der Waals surface area contributed by atoms with Gasteiger partial charge in [0.05, 0.1) is 33.9 Å². The first-order chi connectivity index (χ1) is 12.0. The van der Waals surface area contributed by atoms with Crippen LogP contribution in [0.15, 0.2) is 31.0 Å². The highest BCUT2D eigenvalue weighted by Crippen LogP contribution is 2.10. The Morgan fingerprint density at radius 1 is 1.16 bits per heavy atom. The number of carbonyl (C=O) groups excluding carboxylic acids is 1. The molecule has 0 unspecified atom stereocenters. The highest BCUT2D eigenvalue weighted by molar-refractivity contribution is 14.1. The van der Waals surface area contributed by atoms with E-state index in [2.05, 4.69) is 43.2 Å². The number of anilines is 1. The Bertz CT molecular complexity index is 844. The second-order valence-corrected chi connectivity index (χ2v) is 6.92. The molecule has 0 fully saturated rings. The highest BCUT2D eigenvalue weighted by atomic mass is 127. The maximum atomic E-state index is 12.1. The summed E-state index contributed by atoms with van der Waals surface area (Å²) in [6, 6.07) is 0. The molecular weight excluding hydrogens is 433 g/mol. The molecule has 0 aromatic carbocycles. The van der Waals surface area contributed by atoms with Crippen molar-refractivity contribution in [1.29, 1.82) is 0 Å². The van der Waals surface area contributed by atoms with Crippen LogP contribution >= 0.6 is 22.6 Å². The third kappa shape index (κ3) is 4.68. The summed E-state index contributed by atoms with van der Waals surface area (Å²) in [7, 11) is 0. The van der Waals surface area contributed by atoms with Gasteiger partial charge in [-0.05, 0) is 36.4 Å². The third-order valence-electron chi connectivity index (χ3n) is 3.73. The minimum absolute atomic E-state index is 0.0542. The van der Waals surface area contributed by atoms with Crippen LogP contribution in [0.2, 0.25) is 0 Å². The van der Waals surface area contributed by atoms with Crippen LogP contribution in [0.4, 0.5) is 5.69 Å². The van der Waals surface area contributed by atoms with Gasteiger partial charge < -0.3 is 5.32 Å². The molecule has 1 N–H and O–H groups in total. The van der Waals surface area contributed by atoms with E-state index in [-0.39, 0.29) is 5.91 Å². The summed E-state index contributed by atoms with van der Waals surface area (Å²) >= 11 is 2.24. The molecule has 3 rings (SSSR count). The number of rotatable bonds is 7. The summed E-state index contributed by atoms with van der Waals surface area (Å²) in [6.45, 7) is 6.02. The van der Waals surface area contributed by atoms with E-state index in [4.69, 9.17) is 0 Å². The van der Waals surface area contributed by atoms with Gasteiger partial charge >= 0.3 is 0 Å². The first-order valence-corrected chi connectivity index (χ1v) is 9.14. The number of nitrogens with zero attached hydrogens (tertiary/aromatic N) is 6. The standard InChI is InChI=1S/C16H20IN7O/c1-3-22-8-13(6-18-22)9-24-10-14(7-19-24)20-16(25)4-5-23-11-15(17)12(2)21-23/h6-8,10-11H,3-5,9H2,1-2H3,(H,20,25). The Balaban J connectivity index is 1.51. The zero-order valence-corrected chi connectivity index (χ0v) is 16.3. The van der Waals surface area contributed by atoms with E-state index in [1.165, 1.54) is 0 Å². The third-order valence-corrected chi connectivity index (χ3v) is 4.79. The lowest BCUT2D eigenvalue weighted by Gasteiger charge is -2.03. The fourth-order valence-electron chi connectivity index (χ4n) is 2.41. The molecule has 1 amide bonds. The highest BCUT2D eigenvalue weighted by Gasteiger charge is 2.08. The van der Waals surface area contributed by atoms with Crippen LogP contribution in [0.3, 0.4) is 0 Å². The fourth-order valence-corrected chi connectivity index (χ4v) is 2.84. The Labute approximate surface area is 159 Å². The number of nitrogens with one attached hydrogen (secondary N) is 1. The lowest BCUT2D eigenvalue weighted by molar-refractivity contribution is -0.116. The summed E-state index contributed by atoms with van der Waals surface area (Å²) in [5.41, 5.74) is 2.75. The van der Waals surface area contributed by atoms with E-state index in [1.54, 1.807) is 15.6 Å². The number of hydrogen-bond donors (Lipinski definition) is 1. The molecule has 8 nitrogen and oxygen atoms in total. The van der Waals surface area contributed by atoms with Crippen molar-refractivity contribution in [3.8, 4) is 0 Å². The molecule has 0 aliphatic carbocycles. The minimum Gasteiger partial charge on any atom is -0.323 e. The molecule has 132 valence electrons. The molecule has 0 saturated carbocycles. The molecule has 25 heavy (non-hydrogen) atoms. The monoisotopic (exact) mass is 453 g/mol. The van der Waals surface area contributed by atoms with Gasteiger partial charge in [0, 0.05) is 43.7 Å². The van der Waals surface area contributed by atoms with Gasteiger partial charge in [0.15, 0.2) is 0 Å². The van der Waals surface area contributed by atoms with Crippen LogP contribution in [0, 0.1) is 10.5 Å². The largest absolute Gasteiger partial charge is 0.323 e. The first-order valence-electron chi connectivity index (χ1n) is 8.06. The first kappa shape index (κ1) is 17.6. The van der Waals surface area contributed by atoms with Gasteiger partial charge in [-0.3, -0.25) is 18.8 Å². The van der Waals surface area contributed by atoms with Crippen molar-refractivity contribution < 1.29 is 4.79 Å². The summed E-state index contributed by atoms with van der Waals surface area (Å²) in [6.07, 6.45) is 9.61. The lowest BCUT2D eigenvalue weighted by atomic mass is 10.3. The zero-order valence-electron chi connectivity index (χ0n) is 14.2. The van der Waals surface area contributed by atoms with Gasteiger partial charge in [-0.1, -0.05) is 0 Å². The van der Waals surface area contributed by atoms with Crippen LogP contribution in [-0.2, 0) is 24.4 Å². The van der Waals surface area contributed by atoms with E-state index in [1.807, 2.05) is 43.3 Å². The van der Waals surface area contributed by atoms with Crippen molar-refractivity contribution in [3.63, 3.8) is 0 Å². The minimum atomic E-state index is -0.0542. The van der Waals surface area contributed by atoms with Crippen LogP contribution < -0.4 is 5.32 Å². The molecule has 0 bridgehead atoms. The molecule has 3 aromatic heterocycles. The lowest BCUT2D eigenvalue weighted by Crippen LogP contribution is -2.14. The van der Waals surface area contributed by atoms with Crippen molar-refractivity contribution in [3.05, 3.63) is 45.8 Å². The van der Waals surface area contributed by atoms with Crippen molar-refractivity contribution in [2.24, 2.45) is 0 Å². The second kappa shape index (κ2) is 7.81. The predicted octanol–water partition coefficient (Wildman–Crippen LogP) is 2.29. The van der Waals surface area contributed by atoms with Gasteiger partial charge in [0.2, 0.25) is 5.91 Å². The molecule has 0 saturated heterocycles. The molecule has 3 aromatic rings. The van der Waals surface area contributed by atoms with Gasteiger partial charge in [0.25, 0.3) is 0 Å². The Kier molecular flexibility index (Phi) is 5.51. The molecule has 0 radical (unpaired) electrons. The summed E-state index contributed by atoms with van der Waals surface area (Å²) < 4.78 is 6.56. The summed E-state index contributed by atoms with van der Waals surface area (Å²) in [4.78, 5) is 12.1. The predicted molar refractivity (Wildman–Crippen MR) is 102 cm³/mol. The topological polar surface area (TPSA) is 82.6 Å². The van der Waals surface area contributed by atoms with Gasteiger partial charge in [-0.25, -0.2) is 0 Å². The smallest absolute Gasteiger partial charge is 0.226 e. The normalized spacial score (nSPS) is 11.0. The summed E-state index contributed by atoms with van der Waals surface area (Å²) in [5, 5.41) is 15.7. The van der Waals surface area contributed by atoms with Gasteiger partial charge in [-0.2, -0.15) is 15.3 Å².